The molecule has 1 aliphatic heterocycles. The Labute approximate surface area is 75.9 Å². The van der Waals surface area contributed by atoms with Crippen LogP contribution in [-0.2, 0) is 0 Å². The Hall–Kier alpha value is -1.64. The average molecular weight is 176 g/mol. The van der Waals surface area contributed by atoms with Crippen LogP contribution in [0.5, 0.6) is 0 Å². The minimum atomic E-state index is -0.115. The molecule has 1 aromatic carbocycles. The smallest absolute Gasteiger partial charge is 0.423 e. The molecule has 3 nitrogen and oxygen atoms in total. The van der Waals surface area contributed by atoms with E-state index in [1.807, 2.05) is 13.0 Å². The quantitative estimate of drug-likeness (QED) is 0.652. The molecule has 13 heavy (non-hydrogen) atoms. The summed E-state index contributed by atoms with van der Waals surface area (Å²) in [7, 11) is 0. The summed E-state index contributed by atoms with van der Waals surface area (Å²) in [5.41, 5.74) is 1.22. The number of nitrogens with zero attached hydrogens (tertiary/aromatic N) is 1. The molecule has 0 spiro atoms. The molecule has 0 atom stereocenters. The van der Waals surface area contributed by atoms with Crippen molar-refractivity contribution in [2.24, 2.45) is 0 Å². The molecule has 1 aromatic rings. The van der Waals surface area contributed by atoms with Crippen molar-refractivity contribution in [1.29, 1.82) is 0 Å². The second-order valence-electron chi connectivity index (χ2n) is 2.92. The zero-order valence-corrected chi connectivity index (χ0v) is 7.32. The molecule has 0 aliphatic carbocycles. The van der Waals surface area contributed by atoms with Gasteiger partial charge in [-0.2, -0.15) is 0 Å². The van der Waals surface area contributed by atoms with Gasteiger partial charge in [-0.05, 0) is 19.1 Å². The lowest BCUT2D eigenvalue weighted by atomic mass is 10.1. The fourth-order valence-electron chi connectivity index (χ4n) is 1.54. The minimum absolute atomic E-state index is 0.0723. The van der Waals surface area contributed by atoms with Crippen LogP contribution in [0.1, 0.15) is 22.8 Å². The summed E-state index contributed by atoms with van der Waals surface area (Å²) in [5.74, 6) is -0.0429. The number of hydrogen-bond donors (Lipinski definition) is 1. The van der Waals surface area contributed by atoms with Crippen LogP contribution in [0.15, 0.2) is 24.3 Å². The zero-order valence-electron chi connectivity index (χ0n) is 7.32. The predicted molar refractivity (Wildman–Crippen MR) is 48.3 cm³/mol. The van der Waals surface area contributed by atoms with E-state index in [1.54, 1.807) is 18.2 Å². The van der Waals surface area contributed by atoms with Crippen LogP contribution in [0.25, 0.3) is 0 Å². The first-order valence-electron chi connectivity index (χ1n) is 4.23. The van der Waals surface area contributed by atoms with Crippen LogP contribution in [0, 0.1) is 0 Å². The van der Waals surface area contributed by atoms with E-state index in [2.05, 4.69) is 0 Å². The molecule has 0 radical (unpaired) electrons. The summed E-state index contributed by atoms with van der Waals surface area (Å²) in [6.45, 7) is 2.33. The van der Waals surface area contributed by atoms with Gasteiger partial charge in [0, 0.05) is 0 Å². The van der Waals surface area contributed by atoms with Crippen molar-refractivity contribution in [3.8, 4) is 0 Å². The number of hydrogen-bond acceptors (Lipinski definition) is 1. The second kappa shape index (κ2) is 2.69. The molecule has 0 bridgehead atoms. The first-order chi connectivity index (χ1) is 6.25. The standard InChI is InChI=1S/C10H9NO2/c1-2-11-9(12)7-5-3-4-6-8(7)10(11)13/h3-6H,2H2,1H3/p+1. The SMILES string of the molecule is CC[N+]1=C(O)c2ccccc2C1=O. The maximum atomic E-state index is 11.6. The van der Waals surface area contributed by atoms with E-state index in [0.29, 0.717) is 17.7 Å². The predicted octanol–water partition coefficient (Wildman–Crippen LogP) is 1.18. The zero-order chi connectivity index (χ0) is 9.42. The maximum absolute atomic E-state index is 11.6. The van der Waals surface area contributed by atoms with Gasteiger partial charge >= 0.3 is 11.8 Å². The van der Waals surface area contributed by atoms with Gasteiger partial charge in [0.1, 0.15) is 11.1 Å². The molecule has 1 amide bonds. The third kappa shape index (κ3) is 0.967. The summed E-state index contributed by atoms with van der Waals surface area (Å²) in [6.07, 6.45) is 0. The highest BCUT2D eigenvalue weighted by Gasteiger charge is 2.36. The number of amides is 1. The van der Waals surface area contributed by atoms with Gasteiger partial charge in [0.15, 0.2) is 6.54 Å². The van der Waals surface area contributed by atoms with Crippen LogP contribution in [0.4, 0.5) is 0 Å². The topological polar surface area (TPSA) is 40.3 Å². The number of rotatable bonds is 1. The van der Waals surface area contributed by atoms with Gasteiger partial charge in [0.05, 0.1) is 0 Å². The van der Waals surface area contributed by atoms with Gasteiger partial charge in [0.25, 0.3) is 0 Å². The van der Waals surface area contributed by atoms with Gasteiger partial charge in [-0.1, -0.05) is 12.1 Å². The van der Waals surface area contributed by atoms with Gasteiger partial charge in [-0.25, -0.2) is 4.79 Å². The normalized spacial score (nSPS) is 15.0. The third-order valence-electron chi connectivity index (χ3n) is 2.22. The van der Waals surface area contributed by atoms with Gasteiger partial charge in [0.2, 0.25) is 0 Å². The van der Waals surface area contributed by atoms with E-state index >= 15 is 0 Å². The van der Waals surface area contributed by atoms with Crippen molar-refractivity contribution < 1.29 is 14.5 Å². The number of aliphatic hydroxyl groups excluding tert-OH is 1. The molecular weight excluding hydrogens is 166 g/mol. The van der Waals surface area contributed by atoms with E-state index < -0.39 is 0 Å². The lowest BCUT2D eigenvalue weighted by Crippen LogP contribution is -2.20. The molecule has 2 rings (SSSR count). The fourth-order valence-corrected chi connectivity index (χ4v) is 1.54. The van der Waals surface area contributed by atoms with E-state index in [1.165, 1.54) is 4.58 Å². The van der Waals surface area contributed by atoms with E-state index in [9.17, 15) is 9.90 Å². The summed E-state index contributed by atoms with van der Waals surface area (Å²) in [6, 6.07) is 7.08. The molecule has 0 saturated heterocycles. The lowest BCUT2D eigenvalue weighted by Gasteiger charge is -1.87. The molecular formula is C10H10NO2+. The average Bonchev–Trinajstić information content (AvgIpc) is 2.41. The largest absolute Gasteiger partial charge is 0.459 e. The molecule has 1 aliphatic rings. The number of fused-ring (bicyclic) bond motifs is 1. The van der Waals surface area contributed by atoms with Crippen LogP contribution in [0.3, 0.4) is 0 Å². The summed E-state index contributed by atoms with van der Waals surface area (Å²) in [4.78, 5) is 11.6. The van der Waals surface area contributed by atoms with Crippen molar-refractivity contribution in [3.05, 3.63) is 35.4 Å². The molecule has 0 aromatic heterocycles. The van der Waals surface area contributed by atoms with Crippen LogP contribution < -0.4 is 0 Å². The van der Waals surface area contributed by atoms with Crippen LogP contribution >= 0.6 is 0 Å². The van der Waals surface area contributed by atoms with Crippen molar-refractivity contribution >= 4 is 11.8 Å². The molecule has 1 heterocycles. The Kier molecular flexibility index (Phi) is 1.65. The maximum Gasteiger partial charge on any atom is 0.423 e. The van der Waals surface area contributed by atoms with E-state index in [-0.39, 0.29) is 11.8 Å². The molecule has 1 N–H and O–H groups in total. The Bertz CT molecular complexity index is 407. The van der Waals surface area contributed by atoms with Crippen molar-refractivity contribution in [2.45, 2.75) is 6.92 Å². The first kappa shape index (κ1) is 7.98. The minimum Gasteiger partial charge on any atom is -0.459 e. The van der Waals surface area contributed by atoms with Crippen LogP contribution in [0.2, 0.25) is 0 Å². The Morgan fingerprint density at radius 3 is 2.46 bits per heavy atom. The highest BCUT2D eigenvalue weighted by Crippen LogP contribution is 2.16. The summed E-state index contributed by atoms with van der Waals surface area (Å²) >= 11 is 0. The summed E-state index contributed by atoms with van der Waals surface area (Å²) < 4.78 is 1.37. The molecule has 66 valence electrons. The van der Waals surface area contributed by atoms with Gasteiger partial charge in [-0.3, -0.25) is 0 Å². The van der Waals surface area contributed by atoms with Crippen molar-refractivity contribution in [1.82, 2.24) is 0 Å². The molecule has 0 unspecified atom stereocenters. The summed E-state index contributed by atoms with van der Waals surface area (Å²) in [5, 5.41) is 9.63. The Morgan fingerprint density at radius 1 is 1.31 bits per heavy atom. The van der Waals surface area contributed by atoms with E-state index in [0.717, 1.165) is 0 Å². The molecule has 0 saturated carbocycles. The highest BCUT2D eigenvalue weighted by atomic mass is 16.3. The Balaban J connectivity index is 2.65. The second-order valence-corrected chi connectivity index (χ2v) is 2.92. The molecule has 0 fully saturated rings. The Morgan fingerprint density at radius 2 is 1.92 bits per heavy atom. The highest BCUT2D eigenvalue weighted by molar-refractivity contribution is 6.09. The first-order valence-corrected chi connectivity index (χ1v) is 4.23. The van der Waals surface area contributed by atoms with Gasteiger partial charge < -0.3 is 5.11 Å². The van der Waals surface area contributed by atoms with E-state index in [4.69, 9.17) is 0 Å². The third-order valence-corrected chi connectivity index (χ3v) is 2.22. The number of carbonyl (C=O) groups excluding carboxylic acids is 1. The monoisotopic (exact) mass is 176 g/mol. The number of carbonyl (C=O) groups is 1. The van der Waals surface area contributed by atoms with Crippen molar-refractivity contribution in [3.63, 3.8) is 0 Å². The van der Waals surface area contributed by atoms with Crippen molar-refractivity contribution in [2.75, 3.05) is 6.54 Å². The fraction of sp³-hybridized carbons (Fsp3) is 0.200. The number of aliphatic hydroxyl groups is 1. The molecule has 3 heteroatoms. The van der Waals surface area contributed by atoms with Crippen LogP contribution in [-0.4, -0.2) is 28.0 Å². The van der Waals surface area contributed by atoms with Gasteiger partial charge in [-0.15, -0.1) is 4.58 Å². The number of benzene rings is 1. The lowest BCUT2D eigenvalue weighted by molar-refractivity contribution is -0.429.